The Kier molecular flexibility index (Phi) is 5.58. The van der Waals surface area contributed by atoms with Crippen molar-refractivity contribution < 1.29 is 0 Å². The molecule has 0 unspecified atom stereocenters. The van der Waals surface area contributed by atoms with Gasteiger partial charge in [-0.25, -0.2) is 5.01 Å². The van der Waals surface area contributed by atoms with E-state index in [1.54, 1.807) is 0 Å². The van der Waals surface area contributed by atoms with Gasteiger partial charge in [-0.1, -0.05) is 6.92 Å². The summed E-state index contributed by atoms with van der Waals surface area (Å²) in [5.74, 6) is 0. The normalized spacial score (nSPS) is 11.4. The highest BCUT2D eigenvalue weighted by Gasteiger charge is 2.03. The Morgan fingerprint density at radius 2 is 2.00 bits per heavy atom. The molecule has 0 fully saturated rings. The van der Waals surface area contributed by atoms with E-state index in [1.807, 2.05) is 7.05 Å². The van der Waals surface area contributed by atoms with Crippen LogP contribution in [0.5, 0.6) is 0 Å². The van der Waals surface area contributed by atoms with E-state index in [-0.39, 0.29) is 0 Å². The van der Waals surface area contributed by atoms with Crippen LogP contribution in [0, 0.1) is 0 Å². The number of hydrazine groups is 1. The lowest BCUT2D eigenvalue weighted by Crippen LogP contribution is -2.46. The first-order chi connectivity index (χ1) is 4.72. The molecule has 2 N–H and O–H groups in total. The molecule has 0 bridgehead atoms. The Morgan fingerprint density at radius 1 is 1.40 bits per heavy atom. The molecule has 0 rings (SSSR count). The van der Waals surface area contributed by atoms with E-state index >= 15 is 0 Å². The summed E-state index contributed by atoms with van der Waals surface area (Å²) < 4.78 is 0. The highest BCUT2D eigenvalue weighted by atomic mass is 15.5. The average Bonchev–Trinajstić information content (AvgIpc) is 1.89. The van der Waals surface area contributed by atoms with Gasteiger partial charge in [0.15, 0.2) is 0 Å². The monoisotopic (exact) mass is 145 g/mol. The molecular weight excluding hydrogens is 126 g/mol. The smallest absolute Gasteiger partial charge is 0.0623 e. The molecule has 0 radical (unpaired) electrons. The average molecular weight is 145 g/mol. The van der Waals surface area contributed by atoms with Crippen LogP contribution in [0.3, 0.4) is 0 Å². The third kappa shape index (κ3) is 3.82. The molecule has 0 aliphatic heterocycles. The molecule has 0 aromatic heterocycles. The number of nitrogens with zero attached hydrogens (tertiary/aromatic N) is 1. The largest absolute Gasteiger partial charge is 0.304 e. The number of hydrogen-bond donors (Lipinski definition) is 2. The summed E-state index contributed by atoms with van der Waals surface area (Å²) in [7, 11) is 1.94. The standard InChI is InChI=1S/C7H19N3/c1-5-9-6-10(8-4)7(2)3/h7-9H,5-6H2,1-4H3. The van der Waals surface area contributed by atoms with Crippen LogP contribution in [-0.2, 0) is 0 Å². The lowest BCUT2D eigenvalue weighted by Gasteiger charge is -2.24. The molecule has 0 amide bonds. The lowest BCUT2D eigenvalue weighted by molar-refractivity contribution is 0.147. The summed E-state index contributed by atoms with van der Waals surface area (Å²) in [5, 5.41) is 5.39. The minimum Gasteiger partial charge on any atom is -0.304 e. The third-order valence-corrected chi connectivity index (χ3v) is 1.44. The van der Waals surface area contributed by atoms with Crippen molar-refractivity contribution in [2.75, 3.05) is 20.3 Å². The molecular formula is C7H19N3. The maximum atomic E-state index is 3.24. The van der Waals surface area contributed by atoms with Crippen molar-refractivity contribution in [2.45, 2.75) is 26.8 Å². The van der Waals surface area contributed by atoms with Crippen molar-refractivity contribution in [1.82, 2.24) is 15.8 Å². The van der Waals surface area contributed by atoms with Crippen LogP contribution in [0.4, 0.5) is 0 Å². The first kappa shape index (κ1) is 9.88. The minimum absolute atomic E-state index is 0.545. The van der Waals surface area contributed by atoms with Gasteiger partial charge >= 0.3 is 0 Å². The van der Waals surface area contributed by atoms with Gasteiger partial charge in [-0.3, -0.25) is 5.43 Å². The number of nitrogens with one attached hydrogen (secondary N) is 2. The van der Waals surface area contributed by atoms with Gasteiger partial charge in [0.2, 0.25) is 0 Å². The Hall–Kier alpha value is -0.120. The second kappa shape index (κ2) is 5.65. The highest BCUT2D eigenvalue weighted by molar-refractivity contribution is 4.53. The van der Waals surface area contributed by atoms with Crippen molar-refractivity contribution in [3.05, 3.63) is 0 Å². The molecule has 0 aliphatic carbocycles. The topological polar surface area (TPSA) is 27.3 Å². The number of rotatable bonds is 5. The first-order valence-corrected chi connectivity index (χ1v) is 3.87. The zero-order valence-electron chi connectivity index (χ0n) is 7.44. The Balaban J connectivity index is 3.40. The van der Waals surface area contributed by atoms with Crippen molar-refractivity contribution >= 4 is 0 Å². The minimum atomic E-state index is 0.545. The summed E-state index contributed by atoms with van der Waals surface area (Å²) in [6, 6.07) is 0.545. The van der Waals surface area contributed by atoms with E-state index in [0.29, 0.717) is 6.04 Å². The molecule has 3 nitrogen and oxygen atoms in total. The van der Waals surface area contributed by atoms with E-state index in [4.69, 9.17) is 0 Å². The molecule has 0 saturated carbocycles. The van der Waals surface area contributed by atoms with Gasteiger partial charge in [0.25, 0.3) is 0 Å². The van der Waals surface area contributed by atoms with E-state index in [9.17, 15) is 0 Å². The fourth-order valence-corrected chi connectivity index (χ4v) is 0.752. The predicted molar refractivity (Wildman–Crippen MR) is 44.6 cm³/mol. The second-order valence-electron chi connectivity index (χ2n) is 2.55. The summed E-state index contributed by atoms with van der Waals surface area (Å²) in [4.78, 5) is 0. The SMILES string of the molecule is CCNCN(NC)C(C)C. The van der Waals surface area contributed by atoms with Crippen LogP contribution in [0.15, 0.2) is 0 Å². The van der Waals surface area contributed by atoms with E-state index in [0.717, 1.165) is 13.2 Å². The van der Waals surface area contributed by atoms with Crippen molar-refractivity contribution in [3.8, 4) is 0 Å². The molecule has 0 aromatic carbocycles. The van der Waals surface area contributed by atoms with Crippen molar-refractivity contribution in [2.24, 2.45) is 0 Å². The molecule has 3 heteroatoms. The first-order valence-electron chi connectivity index (χ1n) is 3.87. The van der Waals surface area contributed by atoms with Crippen molar-refractivity contribution in [3.63, 3.8) is 0 Å². The maximum Gasteiger partial charge on any atom is 0.0623 e. The van der Waals surface area contributed by atoms with Crippen LogP contribution < -0.4 is 10.7 Å². The van der Waals surface area contributed by atoms with Gasteiger partial charge in [0.1, 0.15) is 0 Å². The molecule has 0 aromatic rings. The molecule has 10 heavy (non-hydrogen) atoms. The Bertz CT molecular complexity index is 73.3. The predicted octanol–water partition coefficient (Wildman–Crippen LogP) is 0.398. The van der Waals surface area contributed by atoms with E-state index in [2.05, 4.69) is 36.5 Å². The molecule has 0 atom stereocenters. The zero-order valence-corrected chi connectivity index (χ0v) is 7.44. The second-order valence-corrected chi connectivity index (χ2v) is 2.55. The van der Waals surface area contributed by atoms with Gasteiger partial charge in [-0.15, -0.1) is 0 Å². The fourth-order valence-electron chi connectivity index (χ4n) is 0.752. The van der Waals surface area contributed by atoms with Gasteiger partial charge < -0.3 is 5.32 Å². The molecule has 62 valence electrons. The maximum absolute atomic E-state index is 3.24. The lowest BCUT2D eigenvalue weighted by atomic mass is 10.4. The highest BCUT2D eigenvalue weighted by Crippen LogP contribution is 1.88. The van der Waals surface area contributed by atoms with Crippen LogP contribution in [0.2, 0.25) is 0 Å². The van der Waals surface area contributed by atoms with Crippen molar-refractivity contribution in [1.29, 1.82) is 0 Å². The van der Waals surface area contributed by atoms with Gasteiger partial charge in [0.05, 0.1) is 6.67 Å². The summed E-state index contributed by atoms with van der Waals surface area (Å²) in [6.07, 6.45) is 0. The Morgan fingerprint density at radius 3 is 2.30 bits per heavy atom. The quantitative estimate of drug-likeness (QED) is 0.433. The third-order valence-electron chi connectivity index (χ3n) is 1.44. The van der Waals surface area contributed by atoms with Crippen LogP contribution in [-0.4, -0.2) is 31.3 Å². The van der Waals surface area contributed by atoms with E-state index in [1.165, 1.54) is 0 Å². The zero-order chi connectivity index (χ0) is 7.98. The van der Waals surface area contributed by atoms with Gasteiger partial charge in [-0.2, -0.15) is 0 Å². The number of hydrogen-bond acceptors (Lipinski definition) is 3. The molecule has 0 saturated heterocycles. The van der Waals surface area contributed by atoms with E-state index < -0.39 is 0 Å². The summed E-state index contributed by atoms with van der Waals surface area (Å²) in [5.41, 5.74) is 3.11. The van der Waals surface area contributed by atoms with Gasteiger partial charge in [0, 0.05) is 6.04 Å². The molecule has 0 heterocycles. The van der Waals surface area contributed by atoms with Gasteiger partial charge in [-0.05, 0) is 27.4 Å². The Labute approximate surface area is 63.8 Å². The molecule has 0 spiro atoms. The molecule has 0 aliphatic rings. The fraction of sp³-hybridized carbons (Fsp3) is 1.00. The van der Waals surface area contributed by atoms with Crippen LogP contribution in [0.1, 0.15) is 20.8 Å². The summed E-state index contributed by atoms with van der Waals surface area (Å²) in [6.45, 7) is 8.35. The van der Waals surface area contributed by atoms with Crippen LogP contribution >= 0.6 is 0 Å². The van der Waals surface area contributed by atoms with Crippen LogP contribution in [0.25, 0.3) is 0 Å². The summed E-state index contributed by atoms with van der Waals surface area (Å²) >= 11 is 0.